The lowest BCUT2D eigenvalue weighted by Crippen LogP contribution is -2.04. The lowest BCUT2D eigenvalue weighted by atomic mass is 10.1. The van der Waals surface area contributed by atoms with E-state index < -0.39 is 0 Å². The molecule has 0 aromatic heterocycles. The Balaban J connectivity index is 3.69. The Hall–Kier alpha value is -2.46. The van der Waals surface area contributed by atoms with Crippen molar-refractivity contribution >= 4 is 11.4 Å². The minimum Gasteiger partial charge on any atom is -0.303 e. The first kappa shape index (κ1) is 25.5. The first-order valence-corrected chi connectivity index (χ1v) is 10.2. The molecule has 154 valence electrons. The van der Waals surface area contributed by atoms with Crippen molar-refractivity contribution in [3.05, 3.63) is 24.3 Å². The van der Waals surface area contributed by atoms with E-state index in [4.69, 9.17) is 0 Å². The summed E-state index contributed by atoms with van der Waals surface area (Å²) in [5, 5.41) is 12.3. The average Bonchev–Trinajstić information content (AvgIpc) is 2.60. The molecule has 28 heavy (non-hydrogen) atoms. The second-order valence-corrected chi connectivity index (χ2v) is 7.08. The number of unbranched alkanes of at least 4 members (excludes halogenated alkanes) is 6. The fourth-order valence-corrected chi connectivity index (χ4v) is 2.37. The van der Waals surface area contributed by atoms with Gasteiger partial charge in [-0.3, -0.25) is 0 Å². The third-order valence-electron chi connectivity index (χ3n) is 3.52. The van der Waals surface area contributed by atoms with Gasteiger partial charge in [-0.05, 0) is 76.4 Å². The molecule has 0 bridgehead atoms. The van der Waals surface area contributed by atoms with Crippen molar-refractivity contribution in [2.75, 3.05) is 28.2 Å². The maximum absolute atomic E-state index is 4.31. The Morgan fingerprint density at radius 1 is 0.679 bits per heavy atom. The van der Waals surface area contributed by atoms with Crippen LogP contribution >= 0.6 is 0 Å². The summed E-state index contributed by atoms with van der Waals surface area (Å²) in [5.74, 6) is 12.2. The van der Waals surface area contributed by atoms with Gasteiger partial charge in [-0.1, -0.05) is 24.0 Å². The van der Waals surface area contributed by atoms with Gasteiger partial charge in [-0.2, -0.15) is 10.2 Å². The van der Waals surface area contributed by atoms with Gasteiger partial charge < -0.3 is 10.0 Å². The molecule has 0 N–H and O–H groups in total. The molecule has 0 unspecified atom stereocenters. The predicted octanol–water partition coefficient (Wildman–Crippen LogP) is 5.10. The lowest BCUT2D eigenvalue weighted by molar-refractivity contribution is 0.438. The zero-order chi connectivity index (χ0) is 21.0. The van der Waals surface area contributed by atoms with Crippen molar-refractivity contribution in [3.8, 4) is 23.7 Å². The minimum absolute atomic E-state index is 0.923. The number of hydrogen-bond acceptors (Lipinski definition) is 4. The predicted molar refractivity (Wildman–Crippen MR) is 124 cm³/mol. The summed E-state index contributed by atoms with van der Waals surface area (Å²) < 4.78 is 0. The van der Waals surface area contributed by atoms with Gasteiger partial charge >= 0.3 is 0 Å². The molecule has 0 radical (unpaired) electrons. The lowest BCUT2D eigenvalue weighted by Gasteiger charge is -2.03. The topological polar surface area (TPSA) is 31.2 Å². The highest BCUT2D eigenvalue weighted by Crippen LogP contribution is 2.01. The normalized spacial score (nSPS) is 11.9. The summed E-state index contributed by atoms with van der Waals surface area (Å²) in [4.78, 5) is 0. The maximum atomic E-state index is 4.31. The van der Waals surface area contributed by atoms with Crippen molar-refractivity contribution in [1.82, 2.24) is 10.0 Å². The second-order valence-electron chi connectivity index (χ2n) is 7.08. The molecule has 0 heterocycles. The third kappa shape index (κ3) is 19.9. The second kappa shape index (κ2) is 17.9. The summed E-state index contributed by atoms with van der Waals surface area (Å²) in [6.07, 6.45) is 17.0. The molecule has 4 nitrogen and oxygen atoms in total. The molecule has 0 saturated heterocycles. The Morgan fingerprint density at radius 3 is 1.43 bits per heavy atom. The highest BCUT2D eigenvalue weighted by atomic mass is 15.4. The maximum Gasteiger partial charge on any atom is 0.0571 e. The number of hydrazone groups is 2. The largest absolute Gasteiger partial charge is 0.303 e. The minimum atomic E-state index is 0.923. The first-order chi connectivity index (χ1) is 13.4. The van der Waals surface area contributed by atoms with Gasteiger partial charge in [0.1, 0.15) is 0 Å². The molecule has 0 aliphatic rings. The zero-order valence-electron chi connectivity index (χ0n) is 18.8. The van der Waals surface area contributed by atoms with Crippen LogP contribution in [0.2, 0.25) is 0 Å². The van der Waals surface area contributed by atoms with Gasteiger partial charge in [0.25, 0.3) is 0 Å². The highest BCUT2D eigenvalue weighted by molar-refractivity contribution is 5.92. The molecule has 0 aromatic rings. The fraction of sp³-hybridized carbons (Fsp3) is 0.583. The van der Waals surface area contributed by atoms with Crippen LogP contribution in [0.4, 0.5) is 0 Å². The van der Waals surface area contributed by atoms with E-state index in [1.165, 1.54) is 0 Å². The van der Waals surface area contributed by atoms with Crippen molar-refractivity contribution in [2.45, 2.75) is 65.2 Å². The summed E-state index contributed by atoms with van der Waals surface area (Å²) >= 11 is 0. The molecular weight excluding hydrogens is 344 g/mol. The van der Waals surface area contributed by atoms with E-state index in [2.05, 4.69) is 58.2 Å². The van der Waals surface area contributed by atoms with Crippen molar-refractivity contribution in [1.29, 1.82) is 0 Å². The Bertz CT molecular complexity index is 586. The van der Waals surface area contributed by atoms with E-state index >= 15 is 0 Å². The van der Waals surface area contributed by atoms with Crippen LogP contribution in [0.1, 0.15) is 65.2 Å². The number of rotatable bonds is 12. The van der Waals surface area contributed by atoms with Gasteiger partial charge in [-0.15, -0.1) is 0 Å². The molecule has 0 amide bonds. The first-order valence-electron chi connectivity index (χ1n) is 10.2. The Kier molecular flexibility index (Phi) is 16.4. The molecule has 0 spiro atoms. The molecule has 0 aliphatic carbocycles. The van der Waals surface area contributed by atoms with Crippen LogP contribution in [-0.2, 0) is 0 Å². The molecule has 0 aromatic carbocycles. The molecular formula is C24H38N4. The van der Waals surface area contributed by atoms with Crippen molar-refractivity contribution < 1.29 is 0 Å². The van der Waals surface area contributed by atoms with Crippen molar-refractivity contribution in [3.63, 3.8) is 0 Å². The van der Waals surface area contributed by atoms with Crippen molar-refractivity contribution in [2.24, 2.45) is 10.2 Å². The van der Waals surface area contributed by atoms with E-state index in [-0.39, 0.29) is 0 Å². The van der Waals surface area contributed by atoms with Gasteiger partial charge in [0.05, 0.1) is 11.4 Å². The Labute approximate surface area is 173 Å². The number of allylic oxidation sites excluding steroid dienone is 4. The summed E-state index contributed by atoms with van der Waals surface area (Å²) in [5.41, 5.74) is 2.06. The van der Waals surface area contributed by atoms with Crippen LogP contribution in [0, 0.1) is 23.7 Å². The Morgan fingerprint density at radius 2 is 1.07 bits per heavy atom. The number of nitrogens with zero attached hydrogens (tertiary/aromatic N) is 4. The van der Waals surface area contributed by atoms with Gasteiger partial charge in [0, 0.05) is 41.0 Å². The molecule has 4 heteroatoms. The van der Waals surface area contributed by atoms with Crippen LogP contribution < -0.4 is 0 Å². The standard InChI is InChI=1S/C24H38N4/c1-23(25-27(3)4)21-19-17-15-13-11-9-7-8-10-12-14-16-18-20-22-24(2)26-28(5)6/h19-22H,11-18H2,1-6H3/b21-19+,22-20+,25-23+,26-24+. The quantitative estimate of drug-likeness (QED) is 0.203. The smallest absolute Gasteiger partial charge is 0.0571 e. The van der Waals surface area contributed by atoms with Crippen LogP contribution in [0.15, 0.2) is 34.5 Å². The molecule has 0 atom stereocenters. The third-order valence-corrected chi connectivity index (χ3v) is 3.52. The highest BCUT2D eigenvalue weighted by Gasteiger charge is 1.88. The molecule has 0 fully saturated rings. The SMILES string of the molecule is CC(/C=C/CCCCC#CC#CCCCC/C=C/C(C)=N/N(C)C)=N\N(C)C. The molecule has 0 saturated carbocycles. The average molecular weight is 383 g/mol. The van der Waals surface area contributed by atoms with E-state index in [1.54, 1.807) is 0 Å². The van der Waals surface area contributed by atoms with Crippen LogP contribution in [0.25, 0.3) is 0 Å². The van der Waals surface area contributed by atoms with Gasteiger partial charge in [0.2, 0.25) is 0 Å². The van der Waals surface area contributed by atoms with Gasteiger partial charge in [0.15, 0.2) is 0 Å². The molecule has 0 rings (SSSR count). The van der Waals surface area contributed by atoms with Crippen LogP contribution in [0.5, 0.6) is 0 Å². The monoisotopic (exact) mass is 382 g/mol. The number of hydrogen-bond donors (Lipinski definition) is 0. The van der Waals surface area contributed by atoms with Crippen LogP contribution in [0.3, 0.4) is 0 Å². The van der Waals surface area contributed by atoms with Gasteiger partial charge in [-0.25, -0.2) is 0 Å². The zero-order valence-corrected chi connectivity index (χ0v) is 18.8. The van der Waals surface area contributed by atoms with E-state index in [1.807, 2.05) is 52.1 Å². The fourth-order valence-electron chi connectivity index (χ4n) is 2.37. The summed E-state index contributed by atoms with van der Waals surface area (Å²) in [7, 11) is 7.73. The van der Waals surface area contributed by atoms with E-state index in [0.29, 0.717) is 0 Å². The summed E-state index contributed by atoms with van der Waals surface area (Å²) in [6, 6.07) is 0. The summed E-state index contributed by atoms with van der Waals surface area (Å²) in [6.45, 7) is 4.03. The van der Waals surface area contributed by atoms with E-state index in [9.17, 15) is 0 Å². The van der Waals surface area contributed by atoms with E-state index in [0.717, 1.165) is 62.8 Å². The molecule has 0 aliphatic heterocycles. The van der Waals surface area contributed by atoms with Crippen LogP contribution in [-0.4, -0.2) is 49.6 Å².